The number of imidazole rings is 1. The first-order valence-electron chi connectivity index (χ1n) is 11.3. The molecule has 0 saturated heterocycles. The quantitative estimate of drug-likeness (QED) is 0.302. The summed E-state index contributed by atoms with van der Waals surface area (Å²) in [5.74, 6) is -0.256. The Hall–Kier alpha value is -4.72. The average molecular weight is 483 g/mol. The summed E-state index contributed by atoms with van der Waals surface area (Å²) in [6, 6.07) is 19.3. The van der Waals surface area contributed by atoms with Crippen LogP contribution in [0.3, 0.4) is 0 Å². The van der Waals surface area contributed by atoms with E-state index in [1.165, 1.54) is 19.2 Å². The van der Waals surface area contributed by atoms with Crippen LogP contribution in [0, 0.1) is 5.82 Å². The van der Waals surface area contributed by atoms with E-state index in [9.17, 15) is 14.0 Å². The van der Waals surface area contributed by atoms with Crippen molar-refractivity contribution in [1.29, 1.82) is 0 Å². The van der Waals surface area contributed by atoms with Crippen LogP contribution in [0.15, 0.2) is 79.1 Å². The molecule has 8 heteroatoms. The number of amides is 1. The number of carbonyl (C=O) groups excluding carboxylic acids is 2. The van der Waals surface area contributed by atoms with Gasteiger partial charge in [0.15, 0.2) is 0 Å². The van der Waals surface area contributed by atoms with Crippen LogP contribution in [0.2, 0.25) is 0 Å². The Morgan fingerprint density at radius 2 is 1.83 bits per heavy atom. The number of anilines is 2. The summed E-state index contributed by atoms with van der Waals surface area (Å²) in [6.45, 7) is 0. The van der Waals surface area contributed by atoms with Gasteiger partial charge in [0.25, 0.3) is 5.91 Å². The van der Waals surface area contributed by atoms with Crippen molar-refractivity contribution >= 4 is 34.5 Å². The molecule has 0 fully saturated rings. The first kappa shape index (κ1) is 23.0. The lowest BCUT2D eigenvalue weighted by atomic mass is 9.98. The third-order valence-electron chi connectivity index (χ3n) is 6.03. The zero-order chi connectivity index (χ0) is 25.2. The number of carbonyl (C=O) groups is 2. The Kier molecular flexibility index (Phi) is 6.08. The molecule has 0 unspecified atom stereocenters. The van der Waals surface area contributed by atoms with Gasteiger partial charge in [-0.05, 0) is 53.6 Å². The van der Waals surface area contributed by atoms with E-state index in [0.29, 0.717) is 22.5 Å². The number of hydrogen-bond donors (Lipinski definition) is 2. The van der Waals surface area contributed by atoms with Crippen molar-refractivity contribution in [2.75, 3.05) is 17.7 Å². The molecular formula is C28H23FN4O3. The molecular weight excluding hydrogens is 459 g/mol. The number of aromatic nitrogens is 2. The molecule has 2 N–H and O–H groups in total. The van der Waals surface area contributed by atoms with Crippen LogP contribution >= 0.6 is 0 Å². The fourth-order valence-electron chi connectivity index (χ4n) is 4.19. The monoisotopic (exact) mass is 482 g/mol. The minimum absolute atomic E-state index is 0.146. The summed E-state index contributed by atoms with van der Waals surface area (Å²) in [6.07, 6.45) is 3.77. The van der Waals surface area contributed by atoms with Gasteiger partial charge in [0.2, 0.25) is 0 Å². The molecule has 0 bridgehead atoms. The van der Waals surface area contributed by atoms with Crippen molar-refractivity contribution in [3.8, 4) is 11.4 Å². The van der Waals surface area contributed by atoms with Crippen molar-refractivity contribution in [2.24, 2.45) is 7.05 Å². The van der Waals surface area contributed by atoms with Crippen molar-refractivity contribution in [3.05, 3.63) is 102 Å². The van der Waals surface area contributed by atoms with E-state index in [0.717, 1.165) is 28.2 Å². The first-order chi connectivity index (χ1) is 17.4. The maximum Gasteiger partial charge on any atom is 0.309 e. The van der Waals surface area contributed by atoms with Crippen LogP contribution in [0.25, 0.3) is 22.7 Å². The summed E-state index contributed by atoms with van der Waals surface area (Å²) in [5.41, 5.74) is 5.22. The molecule has 5 rings (SSSR count). The lowest BCUT2D eigenvalue weighted by Crippen LogP contribution is -2.10. The van der Waals surface area contributed by atoms with Crippen LogP contribution in [-0.4, -0.2) is 28.5 Å². The molecule has 0 aliphatic carbocycles. The Morgan fingerprint density at radius 1 is 1.08 bits per heavy atom. The molecule has 0 atom stereocenters. The second-order valence-electron chi connectivity index (χ2n) is 8.41. The summed E-state index contributed by atoms with van der Waals surface area (Å²) in [7, 11) is 3.28. The average Bonchev–Trinajstić information content (AvgIpc) is 3.45. The van der Waals surface area contributed by atoms with Crippen molar-refractivity contribution in [2.45, 2.75) is 6.42 Å². The number of aryl methyl sites for hydroxylation is 1. The van der Waals surface area contributed by atoms with Gasteiger partial charge in [0.05, 0.1) is 30.5 Å². The molecule has 0 saturated carbocycles. The fraction of sp³-hybridized carbons (Fsp3) is 0.107. The number of nitrogens with one attached hydrogen (secondary N) is 2. The summed E-state index contributed by atoms with van der Waals surface area (Å²) >= 11 is 0. The Bertz CT molecular complexity index is 1490. The van der Waals surface area contributed by atoms with Crippen molar-refractivity contribution in [3.63, 3.8) is 0 Å². The summed E-state index contributed by atoms with van der Waals surface area (Å²) < 4.78 is 20.5. The zero-order valence-corrected chi connectivity index (χ0v) is 19.7. The van der Waals surface area contributed by atoms with Crippen LogP contribution < -0.4 is 10.6 Å². The highest BCUT2D eigenvalue weighted by Gasteiger charge is 2.29. The largest absolute Gasteiger partial charge is 0.469 e. The van der Waals surface area contributed by atoms with Crippen LogP contribution in [0.4, 0.5) is 15.8 Å². The predicted molar refractivity (Wildman–Crippen MR) is 136 cm³/mol. The molecule has 1 amide bonds. The highest BCUT2D eigenvalue weighted by atomic mass is 19.1. The van der Waals surface area contributed by atoms with E-state index in [-0.39, 0.29) is 18.3 Å². The first-order valence-corrected chi connectivity index (χ1v) is 11.3. The minimum atomic E-state index is -0.429. The molecule has 0 radical (unpaired) electrons. The molecule has 1 aromatic heterocycles. The molecule has 1 aliphatic rings. The van der Waals surface area contributed by atoms with Gasteiger partial charge in [-0.15, -0.1) is 0 Å². The Morgan fingerprint density at radius 3 is 2.50 bits per heavy atom. The van der Waals surface area contributed by atoms with E-state index in [1.807, 2.05) is 66.3 Å². The number of fused-ring (bicyclic) bond motifs is 1. The van der Waals surface area contributed by atoms with Crippen LogP contribution in [-0.2, 0) is 27.8 Å². The maximum atomic E-state index is 13.8. The highest BCUT2D eigenvalue weighted by molar-refractivity contribution is 6.37. The lowest BCUT2D eigenvalue weighted by molar-refractivity contribution is -0.139. The van der Waals surface area contributed by atoms with E-state index < -0.39 is 5.82 Å². The fourth-order valence-corrected chi connectivity index (χ4v) is 4.19. The summed E-state index contributed by atoms with van der Waals surface area (Å²) in [4.78, 5) is 29.1. The molecule has 36 heavy (non-hydrogen) atoms. The smallest absolute Gasteiger partial charge is 0.309 e. The zero-order valence-electron chi connectivity index (χ0n) is 19.7. The lowest BCUT2D eigenvalue weighted by Gasteiger charge is -2.16. The van der Waals surface area contributed by atoms with Gasteiger partial charge >= 0.3 is 5.97 Å². The number of ether oxygens (including phenoxy) is 1. The van der Waals surface area contributed by atoms with E-state index >= 15 is 0 Å². The number of hydrogen-bond acceptors (Lipinski definition) is 5. The van der Waals surface area contributed by atoms with Crippen molar-refractivity contribution < 1.29 is 18.7 Å². The second kappa shape index (κ2) is 9.50. The third-order valence-corrected chi connectivity index (χ3v) is 6.03. The molecule has 3 aromatic carbocycles. The number of halogens is 1. The molecule has 0 spiro atoms. The van der Waals surface area contributed by atoms with Crippen LogP contribution in [0.1, 0.15) is 16.7 Å². The highest BCUT2D eigenvalue weighted by Crippen LogP contribution is 2.38. The van der Waals surface area contributed by atoms with Gasteiger partial charge in [-0.2, -0.15) is 0 Å². The van der Waals surface area contributed by atoms with E-state index in [2.05, 4.69) is 15.6 Å². The number of rotatable bonds is 6. The standard InChI is InChI=1S/C28H23FN4O3/c1-33-14-13-30-27(33)19-7-10-21(11-8-19)31-26(18-5-3-17(4-6-18)15-24(34)36-2)25-22-12-9-20(29)16-23(22)32-28(25)35/h3-14,16,31H,15H2,1-2H3,(H,32,35). The molecule has 4 aromatic rings. The number of esters is 1. The van der Waals surface area contributed by atoms with Gasteiger partial charge in [0.1, 0.15) is 11.6 Å². The molecule has 1 aliphatic heterocycles. The van der Waals surface area contributed by atoms with E-state index in [1.54, 1.807) is 12.3 Å². The normalized spacial score (nSPS) is 13.7. The third kappa shape index (κ3) is 4.48. The van der Waals surface area contributed by atoms with Crippen LogP contribution in [0.5, 0.6) is 0 Å². The Labute approximate surface area is 207 Å². The number of benzene rings is 3. The van der Waals surface area contributed by atoms with Gasteiger partial charge in [-0.25, -0.2) is 9.37 Å². The number of methoxy groups -OCH3 is 1. The topological polar surface area (TPSA) is 85.2 Å². The maximum absolute atomic E-state index is 13.8. The number of nitrogens with zero attached hydrogens (tertiary/aromatic N) is 2. The van der Waals surface area contributed by atoms with Gasteiger partial charge in [-0.1, -0.05) is 24.3 Å². The molecule has 7 nitrogen and oxygen atoms in total. The van der Waals surface area contributed by atoms with E-state index in [4.69, 9.17) is 4.74 Å². The minimum Gasteiger partial charge on any atom is -0.469 e. The Balaban J connectivity index is 1.56. The van der Waals surface area contributed by atoms with Gasteiger partial charge < -0.3 is 19.9 Å². The second-order valence-corrected chi connectivity index (χ2v) is 8.41. The van der Waals surface area contributed by atoms with Gasteiger partial charge in [-0.3, -0.25) is 9.59 Å². The van der Waals surface area contributed by atoms with Crippen molar-refractivity contribution in [1.82, 2.24) is 9.55 Å². The molecule has 180 valence electrons. The summed E-state index contributed by atoms with van der Waals surface area (Å²) in [5, 5.41) is 6.14. The SMILES string of the molecule is COC(=O)Cc1ccc(C(Nc2ccc(-c3nccn3C)cc2)=C2C(=O)Nc3cc(F)ccc32)cc1. The predicted octanol–water partition coefficient (Wildman–Crippen LogP) is 4.87. The van der Waals surface area contributed by atoms with Gasteiger partial charge in [0, 0.05) is 36.3 Å². The molecule has 2 heterocycles.